The van der Waals surface area contributed by atoms with Crippen LogP contribution in [0.5, 0.6) is 0 Å². The van der Waals surface area contributed by atoms with E-state index in [1.807, 2.05) is 18.7 Å². The molecule has 0 radical (unpaired) electrons. The molecule has 1 atom stereocenters. The number of nitrogens with zero attached hydrogens (tertiary/aromatic N) is 6. The van der Waals surface area contributed by atoms with Gasteiger partial charge in [0.1, 0.15) is 29.3 Å². The van der Waals surface area contributed by atoms with E-state index in [9.17, 15) is 9.18 Å². The van der Waals surface area contributed by atoms with Gasteiger partial charge < -0.3 is 20.7 Å². The number of anilines is 2. The fourth-order valence-corrected chi connectivity index (χ4v) is 3.78. The zero-order chi connectivity index (χ0) is 26.9. The van der Waals surface area contributed by atoms with Crippen LogP contribution in [0.25, 0.3) is 11.4 Å². The molecule has 1 aliphatic rings. The number of amides is 1. The summed E-state index contributed by atoms with van der Waals surface area (Å²) >= 11 is 5.92. The number of aryl methyl sites for hydroxylation is 1. The van der Waals surface area contributed by atoms with E-state index in [0.29, 0.717) is 36.9 Å². The highest BCUT2D eigenvalue weighted by Crippen LogP contribution is 2.27. The fraction of sp³-hybridized carbons (Fsp3) is 0.320. The number of hydrogen-bond acceptors (Lipinski definition) is 8. The standard InChI is InChI=1S/C23H24ClFN8O2.C2H6/c1-27-12-14(11-26)19-13-33(7-8-35-19)21-10-18(23(34)31-20-5-6-28-32(20)2)29-22(30-21)16-4-3-15(24)9-17(16)25;1-2/h3-6,9-12,19H,7-8,13,26H2,1-2H3,(H,31,34);1-2H3/b14-11+,27-12?;. The Morgan fingerprint density at radius 1 is 1.30 bits per heavy atom. The van der Waals surface area contributed by atoms with Crippen molar-refractivity contribution in [2.75, 3.05) is 37.0 Å². The Morgan fingerprint density at radius 3 is 2.73 bits per heavy atom. The van der Waals surface area contributed by atoms with E-state index in [1.54, 1.807) is 44.7 Å². The summed E-state index contributed by atoms with van der Waals surface area (Å²) in [5.41, 5.74) is 6.65. The third-order valence-corrected chi connectivity index (χ3v) is 5.65. The van der Waals surface area contributed by atoms with E-state index in [2.05, 4.69) is 25.4 Å². The van der Waals surface area contributed by atoms with Crippen molar-refractivity contribution in [1.82, 2.24) is 19.7 Å². The lowest BCUT2D eigenvalue weighted by Gasteiger charge is -2.34. The lowest BCUT2D eigenvalue weighted by Crippen LogP contribution is -2.44. The highest BCUT2D eigenvalue weighted by Gasteiger charge is 2.26. The maximum Gasteiger partial charge on any atom is 0.275 e. The number of benzene rings is 1. The first-order valence-electron chi connectivity index (χ1n) is 11.7. The minimum absolute atomic E-state index is 0.0552. The summed E-state index contributed by atoms with van der Waals surface area (Å²) in [6.07, 6.45) is 4.29. The van der Waals surface area contributed by atoms with Crippen LogP contribution in [-0.2, 0) is 11.8 Å². The van der Waals surface area contributed by atoms with E-state index in [-0.39, 0.29) is 28.2 Å². The summed E-state index contributed by atoms with van der Waals surface area (Å²) in [4.78, 5) is 28.0. The number of carbonyl (C=O) groups is 1. The molecule has 1 aromatic carbocycles. The number of nitrogens with one attached hydrogen (secondary N) is 1. The van der Waals surface area contributed by atoms with Gasteiger partial charge in [0, 0.05) is 62.3 Å². The van der Waals surface area contributed by atoms with Crippen LogP contribution in [-0.4, -0.2) is 64.7 Å². The topological polar surface area (TPSA) is 124 Å². The van der Waals surface area contributed by atoms with Crippen LogP contribution in [0.2, 0.25) is 5.02 Å². The van der Waals surface area contributed by atoms with Crippen molar-refractivity contribution in [1.29, 1.82) is 0 Å². The fourth-order valence-electron chi connectivity index (χ4n) is 3.62. The van der Waals surface area contributed by atoms with E-state index in [4.69, 9.17) is 22.1 Å². The molecule has 0 spiro atoms. The largest absolute Gasteiger partial charge is 0.404 e. The van der Waals surface area contributed by atoms with Crippen LogP contribution >= 0.6 is 11.6 Å². The number of hydrogen-bond donors (Lipinski definition) is 2. The van der Waals surface area contributed by atoms with Crippen molar-refractivity contribution < 1.29 is 13.9 Å². The third kappa shape index (κ3) is 6.69. The molecule has 10 nitrogen and oxygen atoms in total. The molecule has 12 heteroatoms. The van der Waals surface area contributed by atoms with Crippen LogP contribution in [0.15, 0.2) is 53.3 Å². The SMILES string of the molecule is CC.CN=C/C(=C\N)C1CN(c2cc(C(=O)Nc3ccnn3C)nc(-c3ccc(Cl)cc3F)n2)CCO1. The molecule has 4 rings (SSSR count). The van der Waals surface area contributed by atoms with Crippen LogP contribution < -0.4 is 16.0 Å². The highest BCUT2D eigenvalue weighted by molar-refractivity contribution is 6.30. The molecule has 37 heavy (non-hydrogen) atoms. The van der Waals surface area contributed by atoms with Gasteiger partial charge in [0.15, 0.2) is 5.82 Å². The van der Waals surface area contributed by atoms with Crippen LogP contribution in [0, 0.1) is 5.82 Å². The smallest absolute Gasteiger partial charge is 0.275 e. The quantitative estimate of drug-likeness (QED) is 0.467. The van der Waals surface area contributed by atoms with Gasteiger partial charge in [-0.3, -0.25) is 14.5 Å². The zero-order valence-corrected chi connectivity index (χ0v) is 21.9. The van der Waals surface area contributed by atoms with Gasteiger partial charge in [-0.05, 0) is 18.2 Å². The van der Waals surface area contributed by atoms with Gasteiger partial charge in [-0.1, -0.05) is 25.4 Å². The van der Waals surface area contributed by atoms with Gasteiger partial charge >= 0.3 is 0 Å². The Balaban J connectivity index is 0.00000186. The van der Waals surface area contributed by atoms with Gasteiger partial charge in [0.25, 0.3) is 5.91 Å². The van der Waals surface area contributed by atoms with Crippen molar-refractivity contribution in [3.8, 4) is 11.4 Å². The Labute approximate surface area is 220 Å². The number of nitrogens with two attached hydrogens (primary N) is 1. The Kier molecular flexibility index (Phi) is 9.70. The first-order chi connectivity index (χ1) is 17.9. The molecule has 0 bridgehead atoms. The molecule has 3 heterocycles. The number of morpholine rings is 1. The second-order valence-electron chi connectivity index (χ2n) is 7.71. The second kappa shape index (κ2) is 12.9. The Bertz CT molecular complexity index is 1290. The lowest BCUT2D eigenvalue weighted by molar-refractivity contribution is 0.0676. The maximum absolute atomic E-state index is 14.8. The molecule has 196 valence electrons. The minimum atomic E-state index is -0.597. The Morgan fingerprint density at radius 2 is 2.08 bits per heavy atom. The molecule has 3 aromatic rings. The van der Waals surface area contributed by atoms with Crippen molar-refractivity contribution in [3.63, 3.8) is 0 Å². The maximum atomic E-state index is 14.8. The van der Waals surface area contributed by atoms with Gasteiger partial charge in [-0.25, -0.2) is 14.4 Å². The van der Waals surface area contributed by atoms with E-state index >= 15 is 0 Å². The van der Waals surface area contributed by atoms with Gasteiger partial charge in [0.2, 0.25) is 0 Å². The first-order valence-corrected chi connectivity index (χ1v) is 12.1. The average molecular weight is 529 g/mol. The summed E-state index contributed by atoms with van der Waals surface area (Å²) in [5, 5.41) is 7.05. The molecular weight excluding hydrogens is 499 g/mol. The Hall–Kier alpha value is -3.83. The summed E-state index contributed by atoms with van der Waals surface area (Å²) in [5.74, 6) is -0.104. The summed E-state index contributed by atoms with van der Waals surface area (Å²) in [6.45, 7) is 5.29. The second-order valence-corrected chi connectivity index (χ2v) is 8.15. The molecule has 1 fully saturated rings. The first kappa shape index (κ1) is 27.8. The summed E-state index contributed by atoms with van der Waals surface area (Å²) in [6, 6.07) is 7.41. The number of rotatable bonds is 6. The highest BCUT2D eigenvalue weighted by atomic mass is 35.5. The predicted octanol–water partition coefficient (Wildman–Crippen LogP) is 3.70. The van der Waals surface area contributed by atoms with Crippen molar-refractivity contribution in [2.45, 2.75) is 20.0 Å². The normalized spacial score (nSPS) is 15.9. The summed E-state index contributed by atoms with van der Waals surface area (Å²) < 4.78 is 22.1. The molecule has 1 unspecified atom stereocenters. The predicted molar refractivity (Wildman–Crippen MR) is 144 cm³/mol. The number of carbonyl (C=O) groups excluding carboxylic acids is 1. The number of halogens is 2. The number of ether oxygens (including phenoxy) is 1. The molecule has 1 saturated heterocycles. The minimum Gasteiger partial charge on any atom is -0.404 e. The number of aromatic nitrogens is 4. The van der Waals surface area contributed by atoms with Crippen LogP contribution in [0.3, 0.4) is 0 Å². The molecule has 1 amide bonds. The molecule has 0 aliphatic carbocycles. The summed E-state index contributed by atoms with van der Waals surface area (Å²) in [7, 11) is 3.35. The van der Waals surface area contributed by atoms with Gasteiger partial charge in [-0.15, -0.1) is 0 Å². The van der Waals surface area contributed by atoms with Crippen LogP contribution in [0.1, 0.15) is 24.3 Å². The third-order valence-electron chi connectivity index (χ3n) is 5.41. The molecule has 2 aromatic heterocycles. The average Bonchev–Trinajstić information content (AvgIpc) is 3.32. The van der Waals surface area contributed by atoms with E-state index < -0.39 is 11.7 Å². The van der Waals surface area contributed by atoms with Gasteiger partial charge in [0.05, 0.1) is 18.4 Å². The molecule has 0 saturated carbocycles. The van der Waals surface area contributed by atoms with E-state index in [0.717, 1.165) is 0 Å². The lowest BCUT2D eigenvalue weighted by atomic mass is 10.1. The van der Waals surface area contributed by atoms with Crippen molar-refractivity contribution in [2.24, 2.45) is 17.8 Å². The van der Waals surface area contributed by atoms with E-state index in [1.165, 1.54) is 23.0 Å². The van der Waals surface area contributed by atoms with Crippen LogP contribution in [0.4, 0.5) is 16.0 Å². The van der Waals surface area contributed by atoms with Gasteiger partial charge in [-0.2, -0.15) is 5.10 Å². The molecule has 3 N–H and O–H groups in total. The monoisotopic (exact) mass is 528 g/mol. The molecular formula is C25H30ClFN8O2. The van der Waals surface area contributed by atoms with Crippen molar-refractivity contribution in [3.05, 3.63) is 64.8 Å². The zero-order valence-electron chi connectivity index (χ0n) is 21.2. The van der Waals surface area contributed by atoms with Crippen molar-refractivity contribution >= 4 is 35.4 Å². The molecule has 1 aliphatic heterocycles. The number of aliphatic imine (C=N–C) groups is 1.